The van der Waals surface area contributed by atoms with Gasteiger partial charge in [0.1, 0.15) is 0 Å². The molecule has 6 nitrogen and oxygen atoms in total. The number of hydrogen-bond donors (Lipinski definition) is 2. The van der Waals surface area contributed by atoms with Gasteiger partial charge in [-0.05, 0) is 37.1 Å². The fraction of sp³-hybridized carbons (Fsp3) is 0.294. The molecule has 1 aromatic carbocycles. The molecule has 2 amide bonds. The van der Waals surface area contributed by atoms with Crippen LogP contribution in [0.2, 0.25) is 0 Å². The molecule has 1 aliphatic heterocycles. The summed E-state index contributed by atoms with van der Waals surface area (Å²) >= 11 is 0. The maximum Gasteiger partial charge on any atom is 0.229 e. The van der Waals surface area contributed by atoms with Gasteiger partial charge in [-0.15, -0.1) is 0 Å². The van der Waals surface area contributed by atoms with Crippen LogP contribution >= 0.6 is 0 Å². The van der Waals surface area contributed by atoms with Gasteiger partial charge in [-0.1, -0.05) is 0 Å². The molecule has 0 aliphatic carbocycles. The summed E-state index contributed by atoms with van der Waals surface area (Å²) in [6.07, 6.45) is 3.53. The second-order valence-corrected chi connectivity index (χ2v) is 5.80. The Kier molecular flexibility index (Phi) is 4.97. The summed E-state index contributed by atoms with van der Waals surface area (Å²) in [5.41, 5.74) is 0.728. The number of carbonyl (C=O) groups excluding carboxylic acids is 2. The van der Waals surface area contributed by atoms with Crippen molar-refractivity contribution in [2.24, 2.45) is 0 Å². The molecule has 130 valence electrons. The molecule has 2 heterocycles. The number of hydrogen-bond acceptors (Lipinski definition) is 4. The van der Waals surface area contributed by atoms with Crippen LogP contribution in [0.5, 0.6) is 0 Å². The van der Waals surface area contributed by atoms with Crippen LogP contribution in [-0.2, 0) is 9.59 Å². The Balaban J connectivity index is 1.67. The first-order valence-electron chi connectivity index (χ1n) is 7.89. The van der Waals surface area contributed by atoms with Crippen molar-refractivity contribution in [3.63, 3.8) is 0 Å². The maximum absolute atomic E-state index is 13.3. The van der Waals surface area contributed by atoms with E-state index in [4.69, 9.17) is 0 Å². The van der Waals surface area contributed by atoms with Gasteiger partial charge >= 0.3 is 0 Å². The summed E-state index contributed by atoms with van der Waals surface area (Å²) in [4.78, 5) is 31.5. The third-order valence-electron chi connectivity index (χ3n) is 3.88. The number of benzene rings is 1. The lowest BCUT2D eigenvalue weighted by atomic mass is 10.0. The summed E-state index contributed by atoms with van der Waals surface area (Å²) in [7, 11) is 0. The third kappa shape index (κ3) is 4.34. The molecule has 0 bridgehead atoms. The van der Waals surface area contributed by atoms with Crippen LogP contribution in [-0.4, -0.2) is 27.8 Å². The van der Waals surface area contributed by atoms with Gasteiger partial charge in [0.25, 0.3) is 0 Å². The summed E-state index contributed by atoms with van der Waals surface area (Å²) in [6.45, 7) is 0. The highest BCUT2D eigenvalue weighted by Crippen LogP contribution is 2.20. The fourth-order valence-corrected chi connectivity index (χ4v) is 2.67. The number of halogens is 2. The van der Waals surface area contributed by atoms with Gasteiger partial charge in [0.05, 0.1) is 5.69 Å². The van der Waals surface area contributed by atoms with E-state index in [0.717, 1.165) is 25.0 Å². The van der Waals surface area contributed by atoms with Crippen LogP contribution < -0.4 is 10.6 Å². The molecule has 1 unspecified atom stereocenters. The van der Waals surface area contributed by atoms with Crippen LogP contribution in [0.25, 0.3) is 11.3 Å². The van der Waals surface area contributed by atoms with E-state index in [9.17, 15) is 18.4 Å². The van der Waals surface area contributed by atoms with E-state index in [-0.39, 0.29) is 30.2 Å². The highest BCUT2D eigenvalue weighted by molar-refractivity contribution is 5.90. The topological polar surface area (TPSA) is 84.0 Å². The minimum Gasteiger partial charge on any atom is -0.353 e. The SMILES string of the molecule is O=C(CC1CCCC(=O)N1)Nc1nccc(-c2ccc(F)c(F)c2)n1. The normalized spacial score (nSPS) is 17.0. The Hall–Kier alpha value is -2.90. The summed E-state index contributed by atoms with van der Waals surface area (Å²) in [5.74, 6) is -2.24. The molecule has 2 aromatic rings. The molecular weight excluding hydrogens is 330 g/mol. The van der Waals surface area contributed by atoms with Crippen molar-refractivity contribution in [1.82, 2.24) is 15.3 Å². The second kappa shape index (κ2) is 7.33. The Morgan fingerprint density at radius 3 is 2.88 bits per heavy atom. The average Bonchev–Trinajstić information content (AvgIpc) is 2.57. The lowest BCUT2D eigenvalue weighted by molar-refractivity contribution is -0.124. The van der Waals surface area contributed by atoms with Crippen molar-refractivity contribution in [2.45, 2.75) is 31.7 Å². The molecular formula is C17H16F2N4O2. The Bertz CT molecular complexity index is 813. The summed E-state index contributed by atoms with van der Waals surface area (Å²) in [6, 6.07) is 4.77. The van der Waals surface area contributed by atoms with Gasteiger partial charge in [-0.2, -0.15) is 0 Å². The molecule has 25 heavy (non-hydrogen) atoms. The zero-order valence-corrected chi connectivity index (χ0v) is 13.3. The zero-order valence-electron chi connectivity index (χ0n) is 13.3. The highest BCUT2D eigenvalue weighted by Gasteiger charge is 2.21. The van der Waals surface area contributed by atoms with Crippen molar-refractivity contribution in [2.75, 3.05) is 5.32 Å². The number of nitrogens with one attached hydrogen (secondary N) is 2. The molecule has 8 heteroatoms. The minimum atomic E-state index is -0.977. The van der Waals surface area contributed by atoms with Gasteiger partial charge in [0.2, 0.25) is 17.8 Å². The van der Waals surface area contributed by atoms with E-state index in [1.165, 1.54) is 18.3 Å². The van der Waals surface area contributed by atoms with Crippen LogP contribution in [0, 0.1) is 11.6 Å². The predicted octanol–water partition coefficient (Wildman–Crippen LogP) is 2.42. The van der Waals surface area contributed by atoms with Crippen molar-refractivity contribution < 1.29 is 18.4 Å². The van der Waals surface area contributed by atoms with Crippen LogP contribution in [0.3, 0.4) is 0 Å². The lowest BCUT2D eigenvalue weighted by Crippen LogP contribution is -2.40. The predicted molar refractivity (Wildman–Crippen MR) is 86.4 cm³/mol. The first-order chi connectivity index (χ1) is 12.0. The first-order valence-corrected chi connectivity index (χ1v) is 7.89. The zero-order chi connectivity index (χ0) is 17.8. The Morgan fingerprint density at radius 1 is 1.28 bits per heavy atom. The van der Waals surface area contributed by atoms with Crippen molar-refractivity contribution in [1.29, 1.82) is 0 Å². The van der Waals surface area contributed by atoms with Crippen LogP contribution in [0.15, 0.2) is 30.5 Å². The largest absolute Gasteiger partial charge is 0.353 e. The number of piperidine rings is 1. The molecule has 0 radical (unpaired) electrons. The molecule has 2 N–H and O–H groups in total. The van der Waals surface area contributed by atoms with E-state index in [2.05, 4.69) is 20.6 Å². The smallest absolute Gasteiger partial charge is 0.229 e. The number of anilines is 1. The van der Waals surface area contributed by atoms with E-state index in [0.29, 0.717) is 17.7 Å². The van der Waals surface area contributed by atoms with Gasteiger partial charge in [-0.3, -0.25) is 14.9 Å². The number of aromatic nitrogens is 2. The van der Waals surface area contributed by atoms with Crippen molar-refractivity contribution >= 4 is 17.8 Å². The van der Waals surface area contributed by atoms with Crippen LogP contribution in [0.1, 0.15) is 25.7 Å². The molecule has 1 fully saturated rings. The third-order valence-corrected chi connectivity index (χ3v) is 3.88. The maximum atomic E-state index is 13.3. The van der Waals surface area contributed by atoms with E-state index >= 15 is 0 Å². The molecule has 0 spiro atoms. The standard InChI is InChI=1S/C17H16F2N4O2/c18-12-5-4-10(8-13(12)19)14-6-7-20-17(22-14)23-16(25)9-11-2-1-3-15(24)21-11/h4-8,11H,1-3,9H2,(H,21,24)(H,20,22,23,25). The minimum absolute atomic E-state index is 0.0550. The van der Waals surface area contributed by atoms with E-state index in [1.54, 1.807) is 0 Å². The fourth-order valence-electron chi connectivity index (χ4n) is 2.67. The summed E-state index contributed by atoms with van der Waals surface area (Å²) in [5, 5.41) is 5.32. The van der Waals surface area contributed by atoms with E-state index < -0.39 is 11.6 Å². The first kappa shape index (κ1) is 16.9. The van der Waals surface area contributed by atoms with E-state index in [1.807, 2.05) is 0 Å². The van der Waals surface area contributed by atoms with Gasteiger partial charge in [0.15, 0.2) is 11.6 Å². The second-order valence-electron chi connectivity index (χ2n) is 5.80. The number of carbonyl (C=O) groups is 2. The van der Waals surface area contributed by atoms with Crippen molar-refractivity contribution in [3.8, 4) is 11.3 Å². The molecule has 1 atom stereocenters. The molecule has 1 aliphatic rings. The van der Waals surface area contributed by atoms with Gasteiger partial charge in [-0.25, -0.2) is 18.7 Å². The quantitative estimate of drug-likeness (QED) is 0.890. The van der Waals surface area contributed by atoms with Crippen LogP contribution in [0.4, 0.5) is 14.7 Å². The van der Waals surface area contributed by atoms with Crippen molar-refractivity contribution in [3.05, 3.63) is 42.1 Å². The lowest BCUT2D eigenvalue weighted by Gasteiger charge is -2.22. The number of nitrogens with zero attached hydrogens (tertiary/aromatic N) is 2. The number of rotatable bonds is 4. The average molecular weight is 346 g/mol. The monoisotopic (exact) mass is 346 g/mol. The Morgan fingerprint density at radius 2 is 2.12 bits per heavy atom. The summed E-state index contributed by atoms with van der Waals surface area (Å²) < 4.78 is 26.4. The molecule has 1 aromatic heterocycles. The molecule has 0 saturated carbocycles. The highest BCUT2D eigenvalue weighted by atomic mass is 19.2. The van der Waals surface area contributed by atoms with Gasteiger partial charge < -0.3 is 5.32 Å². The number of amides is 2. The molecule has 3 rings (SSSR count). The molecule has 1 saturated heterocycles. The Labute approximate surface area is 142 Å². The van der Waals surface area contributed by atoms with Gasteiger partial charge in [0, 0.05) is 30.6 Å².